The van der Waals surface area contributed by atoms with Crippen LogP contribution < -0.4 is 14.8 Å². The smallest absolute Gasteiger partial charge is 0.142 e. The molecule has 0 spiro atoms. The maximum Gasteiger partial charge on any atom is 0.142 e. The molecule has 0 aliphatic heterocycles. The summed E-state index contributed by atoms with van der Waals surface area (Å²) in [5.74, 6) is 1.70. The van der Waals surface area contributed by atoms with Gasteiger partial charge in [-0.2, -0.15) is 0 Å². The third-order valence-corrected chi connectivity index (χ3v) is 4.62. The van der Waals surface area contributed by atoms with Gasteiger partial charge in [-0.1, -0.05) is 0 Å². The molecule has 0 saturated heterocycles. The Bertz CT molecular complexity index is 557. The number of rotatable bonds is 7. The molecule has 0 bridgehead atoms. The highest BCUT2D eigenvalue weighted by Crippen LogP contribution is 2.31. The molecule has 3 nitrogen and oxygen atoms in total. The number of benzene rings is 1. The van der Waals surface area contributed by atoms with Crippen LogP contribution in [-0.4, -0.2) is 13.2 Å². The summed E-state index contributed by atoms with van der Waals surface area (Å²) in [6.45, 7) is 6.02. The van der Waals surface area contributed by atoms with E-state index in [-0.39, 0.29) is 0 Å². The lowest BCUT2D eigenvalue weighted by atomic mass is 10.2. The number of halogens is 1. The van der Waals surface area contributed by atoms with Crippen LogP contribution >= 0.6 is 27.3 Å². The lowest BCUT2D eigenvalue weighted by Gasteiger charge is -2.14. The van der Waals surface area contributed by atoms with Crippen molar-refractivity contribution in [3.63, 3.8) is 0 Å². The van der Waals surface area contributed by atoms with Crippen LogP contribution in [0.2, 0.25) is 0 Å². The Morgan fingerprint density at radius 1 is 1.15 bits per heavy atom. The zero-order chi connectivity index (χ0) is 14.4. The summed E-state index contributed by atoms with van der Waals surface area (Å²) in [6.07, 6.45) is 0. The van der Waals surface area contributed by atoms with Gasteiger partial charge in [0.2, 0.25) is 0 Å². The summed E-state index contributed by atoms with van der Waals surface area (Å²) in [7, 11) is 0. The fourth-order valence-electron chi connectivity index (χ4n) is 1.81. The van der Waals surface area contributed by atoms with Gasteiger partial charge in [0.15, 0.2) is 0 Å². The zero-order valence-corrected chi connectivity index (χ0v) is 14.0. The summed E-state index contributed by atoms with van der Waals surface area (Å²) < 4.78 is 12.3. The van der Waals surface area contributed by atoms with E-state index in [0.717, 1.165) is 28.2 Å². The van der Waals surface area contributed by atoms with Gasteiger partial charge in [0.1, 0.15) is 11.5 Å². The second-order valence-corrected chi connectivity index (χ2v) is 5.92. The van der Waals surface area contributed by atoms with E-state index in [0.29, 0.717) is 13.2 Å². The van der Waals surface area contributed by atoms with E-state index in [1.165, 1.54) is 4.88 Å². The third kappa shape index (κ3) is 3.90. The Morgan fingerprint density at radius 2 is 1.95 bits per heavy atom. The summed E-state index contributed by atoms with van der Waals surface area (Å²) in [5, 5.41) is 5.49. The molecule has 0 saturated carbocycles. The minimum Gasteiger partial charge on any atom is -0.494 e. The predicted octanol–water partition coefficient (Wildman–Crippen LogP) is 4.92. The fraction of sp³-hybridized carbons (Fsp3) is 0.333. The SMILES string of the molecule is CCOc1ccc(OCC)c(NCc2sccc2Br)c1. The van der Waals surface area contributed by atoms with Crippen LogP contribution in [0.15, 0.2) is 34.1 Å². The van der Waals surface area contributed by atoms with Gasteiger partial charge >= 0.3 is 0 Å². The first kappa shape index (κ1) is 15.2. The van der Waals surface area contributed by atoms with Crippen molar-refractivity contribution in [3.05, 3.63) is 39.0 Å². The number of ether oxygens (including phenoxy) is 2. The van der Waals surface area contributed by atoms with Crippen molar-refractivity contribution in [2.75, 3.05) is 18.5 Å². The van der Waals surface area contributed by atoms with Crippen molar-refractivity contribution in [3.8, 4) is 11.5 Å². The summed E-state index contributed by atoms with van der Waals surface area (Å²) in [6, 6.07) is 7.92. The van der Waals surface area contributed by atoms with Crippen molar-refractivity contribution < 1.29 is 9.47 Å². The van der Waals surface area contributed by atoms with Crippen LogP contribution in [0.3, 0.4) is 0 Å². The second kappa shape index (κ2) is 7.55. The molecule has 0 radical (unpaired) electrons. The minimum absolute atomic E-state index is 0.644. The molecular formula is C15H18BrNO2S. The number of anilines is 1. The van der Waals surface area contributed by atoms with Crippen LogP contribution in [0.4, 0.5) is 5.69 Å². The molecule has 5 heteroatoms. The van der Waals surface area contributed by atoms with Crippen LogP contribution in [0.25, 0.3) is 0 Å². The minimum atomic E-state index is 0.644. The van der Waals surface area contributed by atoms with Gasteiger partial charge in [-0.15, -0.1) is 11.3 Å². The molecule has 0 fully saturated rings. The predicted molar refractivity (Wildman–Crippen MR) is 88.1 cm³/mol. The van der Waals surface area contributed by atoms with Crippen LogP contribution in [0, 0.1) is 0 Å². The molecule has 1 heterocycles. The van der Waals surface area contributed by atoms with Crippen LogP contribution in [-0.2, 0) is 6.54 Å². The Labute approximate surface area is 132 Å². The van der Waals surface area contributed by atoms with E-state index in [1.54, 1.807) is 11.3 Å². The van der Waals surface area contributed by atoms with Gasteiger partial charge in [-0.05, 0) is 53.4 Å². The van der Waals surface area contributed by atoms with Crippen molar-refractivity contribution in [2.24, 2.45) is 0 Å². The maximum absolute atomic E-state index is 5.64. The van der Waals surface area contributed by atoms with Crippen LogP contribution in [0.5, 0.6) is 11.5 Å². The molecule has 20 heavy (non-hydrogen) atoms. The molecule has 0 aliphatic rings. The lowest BCUT2D eigenvalue weighted by molar-refractivity contribution is 0.332. The Kier molecular flexibility index (Phi) is 5.73. The van der Waals surface area contributed by atoms with E-state index in [4.69, 9.17) is 9.47 Å². The first-order valence-electron chi connectivity index (χ1n) is 6.60. The number of hydrogen-bond donors (Lipinski definition) is 1. The Morgan fingerprint density at radius 3 is 2.60 bits per heavy atom. The molecule has 0 unspecified atom stereocenters. The number of hydrogen-bond acceptors (Lipinski definition) is 4. The molecule has 0 amide bonds. The monoisotopic (exact) mass is 355 g/mol. The van der Waals surface area contributed by atoms with Gasteiger partial charge < -0.3 is 14.8 Å². The van der Waals surface area contributed by atoms with Gasteiger partial charge in [0.25, 0.3) is 0 Å². The van der Waals surface area contributed by atoms with E-state index >= 15 is 0 Å². The molecule has 0 atom stereocenters. The first-order valence-corrected chi connectivity index (χ1v) is 8.27. The molecule has 2 rings (SSSR count). The quantitative estimate of drug-likeness (QED) is 0.764. The lowest BCUT2D eigenvalue weighted by Crippen LogP contribution is -2.03. The van der Waals surface area contributed by atoms with Gasteiger partial charge in [-0.25, -0.2) is 0 Å². The molecule has 108 valence electrons. The number of nitrogens with one attached hydrogen (secondary N) is 1. The Balaban J connectivity index is 2.14. The van der Waals surface area contributed by atoms with Crippen LogP contribution in [0.1, 0.15) is 18.7 Å². The second-order valence-electron chi connectivity index (χ2n) is 4.07. The van der Waals surface area contributed by atoms with E-state index in [1.807, 2.05) is 32.0 Å². The summed E-state index contributed by atoms with van der Waals surface area (Å²) >= 11 is 5.26. The zero-order valence-electron chi connectivity index (χ0n) is 11.6. The average molecular weight is 356 g/mol. The maximum atomic E-state index is 5.64. The topological polar surface area (TPSA) is 30.5 Å². The van der Waals surface area contributed by atoms with E-state index < -0.39 is 0 Å². The third-order valence-electron chi connectivity index (χ3n) is 2.69. The highest BCUT2D eigenvalue weighted by atomic mass is 79.9. The van der Waals surface area contributed by atoms with Crippen molar-refractivity contribution >= 4 is 33.0 Å². The molecule has 1 aromatic carbocycles. The van der Waals surface area contributed by atoms with Gasteiger partial charge in [-0.3, -0.25) is 0 Å². The van der Waals surface area contributed by atoms with Gasteiger partial charge in [0, 0.05) is 15.4 Å². The normalized spacial score (nSPS) is 10.3. The molecule has 0 aliphatic carbocycles. The molecule has 1 N–H and O–H groups in total. The van der Waals surface area contributed by atoms with Crippen molar-refractivity contribution in [2.45, 2.75) is 20.4 Å². The van der Waals surface area contributed by atoms with Gasteiger partial charge in [0.05, 0.1) is 25.4 Å². The largest absolute Gasteiger partial charge is 0.494 e. The summed E-state index contributed by atoms with van der Waals surface area (Å²) in [5.41, 5.74) is 0.957. The highest BCUT2D eigenvalue weighted by Gasteiger charge is 2.07. The van der Waals surface area contributed by atoms with E-state index in [9.17, 15) is 0 Å². The molecule has 1 aromatic heterocycles. The molecule has 2 aromatic rings. The average Bonchev–Trinajstić information content (AvgIpc) is 2.85. The Hall–Kier alpha value is -1.20. The fourth-order valence-corrected chi connectivity index (χ4v) is 3.24. The summed E-state index contributed by atoms with van der Waals surface area (Å²) in [4.78, 5) is 1.26. The standard InChI is InChI=1S/C15H18BrNO2S/c1-3-18-11-5-6-14(19-4-2)13(9-11)17-10-15-12(16)7-8-20-15/h5-9,17H,3-4,10H2,1-2H3. The number of thiophene rings is 1. The first-order chi connectivity index (χ1) is 9.74. The van der Waals surface area contributed by atoms with Crippen molar-refractivity contribution in [1.29, 1.82) is 0 Å². The van der Waals surface area contributed by atoms with E-state index in [2.05, 4.69) is 32.7 Å². The highest BCUT2D eigenvalue weighted by molar-refractivity contribution is 9.10. The molecular weight excluding hydrogens is 338 g/mol. The van der Waals surface area contributed by atoms with Crippen molar-refractivity contribution in [1.82, 2.24) is 0 Å².